The van der Waals surface area contributed by atoms with Gasteiger partial charge in [0.15, 0.2) is 24.5 Å². The number of Topliss-reactive ketones (excluding diaryl/α,β-unsaturated/α-hetero) is 1. The third-order valence-electron chi connectivity index (χ3n) is 8.15. The van der Waals surface area contributed by atoms with E-state index in [2.05, 4.69) is 0 Å². The Morgan fingerprint density at radius 1 is 0.688 bits per heavy atom. The van der Waals surface area contributed by atoms with E-state index in [1.165, 1.54) is 0 Å². The Morgan fingerprint density at radius 3 is 1.62 bits per heavy atom. The molecule has 0 aliphatic carbocycles. The number of rotatable bonds is 7. The van der Waals surface area contributed by atoms with Crippen molar-refractivity contribution in [2.75, 3.05) is 13.2 Å². The van der Waals surface area contributed by atoms with E-state index in [-0.39, 0.29) is 31.8 Å². The lowest BCUT2D eigenvalue weighted by Gasteiger charge is -2.51. The van der Waals surface area contributed by atoms with Crippen molar-refractivity contribution in [2.45, 2.75) is 133 Å². The number of carbonyl (C=O) groups is 5. The Bertz CT molecular complexity index is 1330. The van der Waals surface area contributed by atoms with Gasteiger partial charge in [-0.05, 0) is 88.6 Å². The summed E-state index contributed by atoms with van der Waals surface area (Å²) >= 11 is 0. The van der Waals surface area contributed by atoms with Gasteiger partial charge in [0.2, 0.25) is 0 Å². The number of likely N-dealkylation sites (tertiary alicyclic amines) is 1. The second-order valence-electron chi connectivity index (χ2n) is 16.9. The molecule has 11 heteroatoms. The molecule has 0 aromatic heterocycles. The minimum atomic E-state index is -1.36. The summed E-state index contributed by atoms with van der Waals surface area (Å²) in [5.74, 6) is -2.30. The van der Waals surface area contributed by atoms with Gasteiger partial charge >= 0.3 is 23.9 Å². The summed E-state index contributed by atoms with van der Waals surface area (Å²) in [4.78, 5) is 68.5. The van der Waals surface area contributed by atoms with E-state index in [1.54, 1.807) is 83.1 Å². The van der Waals surface area contributed by atoms with E-state index in [0.29, 0.717) is 0 Å². The molecule has 48 heavy (non-hydrogen) atoms. The minimum Gasteiger partial charge on any atom is -0.462 e. The lowest BCUT2D eigenvalue weighted by molar-refractivity contribution is -0.289. The Labute approximate surface area is 285 Å². The summed E-state index contributed by atoms with van der Waals surface area (Å²) < 4.78 is 30.9. The fraction of sp³-hybridized carbons (Fsp3) is 0.703. The summed E-state index contributed by atoms with van der Waals surface area (Å²) in [6.07, 6.45) is -5.83. The molecular formula is C37H55NO10. The Kier molecular flexibility index (Phi) is 12.0. The second-order valence-corrected chi connectivity index (χ2v) is 16.9. The largest absolute Gasteiger partial charge is 0.462 e. The summed E-state index contributed by atoms with van der Waals surface area (Å²) in [7, 11) is 0. The molecule has 3 rings (SSSR count). The lowest BCUT2D eigenvalue weighted by Crippen LogP contribution is -2.68. The van der Waals surface area contributed by atoms with E-state index in [9.17, 15) is 24.0 Å². The van der Waals surface area contributed by atoms with Gasteiger partial charge in [-0.2, -0.15) is 0 Å². The van der Waals surface area contributed by atoms with Crippen molar-refractivity contribution < 1.29 is 47.7 Å². The number of ketones is 1. The van der Waals surface area contributed by atoms with Crippen molar-refractivity contribution in [3.8, 4) is 0 Å². The van der Waals surface area contributed by atoms with Crippen molar-refractivity contribution in [2.24, 2.45) is 21.7 Å². The predicted octanol–water partition coefficient (Wildman–Crippen LogP) is 5.58. The number of benzene rings is 1. The third-order valence-corrected chi connectivity index (χ3v) is 8.15. The summed E-state index contributed by atoms with van der Waals surface area (Å²) in [6, 6.07) is 8.95. The van der Waals surface area contributed by atoms with Gasteiger partial charge in [0.1, 0.15) is 18.5 Å². The van der Waals surface area contributed by atoms with Crippen LogP contribution in [-0.2, 0) is 47.7 Å². The van der Waals surface area contributed by atoms with Crippen LogP contribution in [0.2, 0.25) is 0 Å². The maximum atomic E-state index is 13.6. The Morgan fingerprint density at radius 2 is 1.15 bits per heavy atom. The first kappa shape index (κ1) is 39.1. The van der Waals surface area contributed by atoms with Gasteiger partial charge in [0.25, 0.3) is 0 Å². The molecule has 6 atom stereocenters. The third kappa shape index (κ3) is 9.87. The standard InChI is InChI=1S/C37H55NO10/c1-34(2,3)30(40)44-21-25-26(46-31(41)35(4,5)6)27(47-32(42)36(7,8)9)28(48-33(43)37(10,11)12)29(45-25)38-19-18-23(39)20-24(38)22-16-14-13-15-17-22/h13-17,24-29H,18-21H2,1-12H3. The SMILES string of the molecule is CC(C)(C)C(=O)OCC1OC(N2CCC(=O)CC2c2ccccc2)C(OC(=O)C(C)(C)C)C(OC(=O)C(C)(C)C)C1OC(=O)C(C)(C)C. The summed E-state index contributed by atoms with van der Waals surface area (Å²) in [6.45, 7) is 20.2. The number of piperidine rings is 1. The maximum Gasteiger partial charge on any atom is 0.311 e. The van der Waals surface area contributed by atoms with Gasteiger partial charge in [-0.25, -0.2) is 0 Å². The average molecular weight is 674 g/mol. The first-order valence-electron chi connectivity index (χ1n) is 16.7. The van der Waals surface area contributed by atoms with Crippen molar-refractivity contribution >= 4 is 29.7 Å². The highest BCUT2D eigenvalue weighted by Crippen LogP contribution is 2.40. The van der Waals surface area contributed by atoms with Crippen molar-refractivity contribution in [1.82, 2.24) is 4.90 Å². The summed E-state index contributed by atoms with van der Waals surface area (Å²) in [5, 5.41) is 0. The zero-order valence-corrected chi connectivity index (χ0v) is 30.7. The maximum absolute atomic E-state index is 13.6. The second kappa shape index (κ2) is 14.7. The highest BCUT2D eigenvalue weighted by Gasteiger charge is 2.57. The number of hydrogen-bond acceptors (Lipinski definition) is 11. The molecule has 11 nitrogen and oxygen atoms in total. The number of esters is 4. The molecule has 6 unspecified atom stereocenters. The van der Waals surface area contributed by atoms with Crippen LogP contribution in [0, 0.1) is 21.7 Å². The predicted molar refractivity (Wildman–Crippen MR) is 177 cm³/mol. The molecule has 2 heterocycles. The molecule has 0 spiro atoms. The van der Waals surface area contributed by atoms with Crippen LogP contribution in [-0.4, -0.2) is 78.4 Å². The topological polar surface area (TPSA) is 135 Å². The Hall–Kier alpha value is -3.31. The van der Waals surface area contributed by atoms with Crippen LogP contribution in [0.3, 0.4) is 0 Å². The van der Waals surface area contributed by atoms with E-state index < -0.39 is 82.2 Å². The zero-order chi connectivity index (χ0) is 36.4. The molecule has 2 saturated heterocycles. The molecule has 268 valence electrons. The van der Waals surface area contributed by atoms with Crippen molar-refractivity contribution in [3.05, 3.63) is 35.9 Å². The van der Waals surface area contributed by atoms with Crippen LogP contribution in [0.15, 0.2) is 30.3 Å². The normalized spacial score (nSPS) is 26.0. The number of nitrogens with zero attached hydrogens (tertiary/aromatic N) is 1. The number of ether oxygens (including phenoxy) is 5. The van der Waals surface area contributed by atoms with E-state index in [1.807, 2.05) is 35.2 Å². The van der Waals surface area contributed by atoms with Crippen LogP contribution in [0.1, 0.15) is 108 Å². The minimum absolute atomic E-state index is 0.0579. The molecule has 2 fully saturated rings. The van der Waals surface area contributed by atoms with Crippen molar-refractivity contribution in [3.63, 3.8) is 0 Å². The highest BCUT2D eigenvalue weighted by atomic mass is 16.7. The highest BCUT2D eigenvalue weighted by molar-refractivity contribution is 5.80. The zero-order valence-electron chi connectivity index (χ0n) is 30.7. The van der Waals surface area contributed by atoms with Crippen LogP contribution in [0.5, 0.6) is 0 Å². The monoisotopic (exact) mass is 673 g/mol. The van der Waals surface area contributed by atoms with Gasteiger partial charge in [-0.3, -0.25) is 28.9 Å². The van der Waals surface area contributed by atoms with Crippen LogP contribution >= 0.6 is 0 Å². The molecule has 0 radical (unpaired) electrons. The quantitative estimate of drug-likeness (QED) is 0.265. The molecular weight excluding hydrogens is 618 g/mol. The van der Waals surface area contributed by atoms with Crippen LogP contribution < -0.4 is 0 Å². The van der Waals surface area contributed by atoms with Gasteiger partial charge in [0, 0.05) is 25.4 Å². The van der Waals surface area contributed by atoms with Crippen LogP contribution in [0.25, 0.3) is 0 Å². The molecule has 0 amide bonds. The van der Waals surface area contributed by atoms with Gasteiger partial charge in [0.05, 0.1) is 21.7 Å². The van der Waals surface area contributed by atoms with E-state index in [0.717, 1.165) is 5.56 Å². The smallest absolute Gasteiger partial charge is 0.311 e. The average Bonchev–Trinajstić information content (AvgIpc) is 2.96. The Balaban J connectivity index is 2.25. The van der Waals surface area contributed by atoms with Crippen LogP contribution in [0.4, 0.5) is 0 Å². The van der Waals surface area contributed by atoms with Gasteiger partial charge in [-0.1, -0.05) is 30.3 Å². The molecule has 2 aliphatic heterocycles. The van der Waals surface area contributed by atoms with Crippen molar-refractivity contribution in [1.29, 1.82) is 0 Å². The lowest BCUT2D eigenvalue weighted by atomic mass is 9.89. The fourth-order valence-electron chi connectivity index (χ4n) is 5.11. The van der Waals surface area contributed by atoms with E-state index in [4.69, 9.17) is 23.7 Å². The number of hydrogen-bond donors (Lipinski definition) is 0. The molecule has 1 aromatic carbocycles. The molecule has 0 N–H and O–H groups in total. The molecule has 0 bridgehead atoms. The number of carbonyl (C=O) groups excluding carboxylic acids is 5. The molecule has 1 aromatic rings. The van der Waals surface area contributed by atoms with Gasteiger partial charge in [-0.15, -0.1) is 0 Å². The molecule has 0 saturated carbocycles. The first-order valence-corrected chi connectivity index (χ1v) is 16.7. The molecule has 2 aliphatic rings. The fourth-order valence-corrected chi connectivity index (χ4v) is 5.11. The van der Waals surface area contributed by atoms with Gasteiger partial charge < -0.3 is 23.7 Å². The van der Waals surface area contributed by atoms with E-state index >= 15 is 0 Å². The summed E-state index contributed by atoms with van der Waals surface area (Å²) in [5.41, 5.74) is -2.92. The first-order chi connectivity index (χ1) is 21.9.